The van der Waals surface area contributed by atoms with Gasteiger partial charge in [0, 0.05) is 18.6 Å². The topological polar surface area (TPSA) is 89.3 Å². The van der Waals surface area contributed by atoms with Crippen LogP contribution in [0, 0.1) is 0 Å². The van der Waals surface area contributed by atoms with Gasteiger partial charge < -0.3 is 11.1 Å². The number of carbonyl (C=O) groups is 1. The number of rotatable bonds is 5. The second kappa shape index (κ2) is 4.97. The molecule has 0 bridgehead atoms. The molecule has 0 unspecified atom stereocenters. The van der Waals surface area contributed by atoms with Gasteiger partial charge in [0.15, 0.2) is 0 Å². The summed E-state index contributed by atoms with van der Waals surface area (Å²) in [4.78, 5) is 10.2. The van der Waals surface area contributed by atoms with Gasteiger partial charge in [0.05, 0.1) is 0 Å². The first-order valence-electron chi connectivity index (χ1n) is 3.63. The lowest BCUT2D eigenvalue weighted by atomic mass is 10.3. The molecular formula is C6H14N2O3S. The van der Waals surface area contributed by atoms with Crippen molar-refractivity contribution >= 4 is 15.9 Å². The molecule has 0 atom stereocenters. The molecule has 0 aromatic heterocycles. The molecule has 0 aliphatic rings. The number of nitrogens with one attached hydrogen (secondary N) is 1. The van der Waals surface area contributed by atoms with Gasteiger partial charge in [0.1, 0.15) is 9.84 Å². The highest BCUT2D eigenvalue weighted by atomic mass is 32.2. The van der Waals surface area contributed by atoms with Crippen molar-refractivity contribution in [2.45, 2.75) is 12.8 Å². The second-order valence-electron chi connectivity index (χ2n) is 2.63. The SMILES string of the molecule is CS(=O)(=O)CCCCNC(N)=O. The maximum atomic E-state index is 10.6. The molecule has 0 aliphatic heterocycles. The molecule has 0 saturated heterocycles. The Hall–Kier alpha value is -0.780. The number of sulfone groups is 1. The Morgan fingerprint density at radius 2 is 2.00 bits per heavy atom. The Labute approximate surface area is 72.2 Å². The van der Waals surface area contributed by atoms with Crippen LogP contribution in [0.3, 0.4) is 0 Å². The molecule has 0 spiro atoms. The molecule has 0 aromatic rings. The quantitative estimate of drug-likeness (QED) is 0.577. The smallest absolute Gasteiger partial charge is 0.312 e. The minimum atomic E-state index is -2.87. The van der Waals surface area contributed by atoms with E-state index in [4.69, 9.17) is 5.73 Å². The summed E-state index contributed by atoms with van der Waals surface area (Å²) in [6.07, 6.45) is 2.38. The lowest BCUT2D eigenvalue weighted by Crippen LogP contribution is -2.30. The zero-order chi connectivity index (χ0) is 9.61. The summed E-state index contributed by atoms with van der Waals surface area (Å²) >= 11 is 0. The average molecular weight is 194 g/mol. The van der Waals surface area contributed by atoms with E-state index in [9.17, 15) is 13.2 Å². The van der Waals surface area contributed by atoms with Crippen molar-refractivity contribution < 1.29 is 13.2 Å². The summed E-state index contributed by atoms with van der Waals surface area (Å²) in [5, 5.41) is 2.38. The van der Waals surface area contributed by atoms with Crippen molar-refractivity contribution in [2.75, 3.05) is 18.6 Å². The lowest BCUT2D eigenvalue weighted by molar-refractivity contribution is 0.249. The van der Waals surface area contributed by atoms with E-state index < -0.39 is 15.9 Å². The van der Waals surface area contributed by atoms with Crippen LogP contribution in [0.2, 0.25) is 0 Å². The number of unbranched alkanes of at least 4 members (excludes halogenated alkanes) is 1. The van der Waals surface area contributed by atoms with Gasteiger partial charge in [-0.05, 0) is 12.8 Å². The number of amides is 2. The molecule has 0 heterocycles. The van der Waals surface area contributed by atoms with Crippen LogP contribution in [0.4, 0.5) is 4.79 Å². The Bertz CT molecular complexity index is 235. The van der Waals surface area contributed by atoms with Crippen molar-refractivity contribution in [1.29, 1.82) is 0 Å². The number of carbonyl (C=O) groups excluding carboxylic acids is 1. The first-order chi connectivity index (χ1) is 5.42. The monoisotopic (exact) mass is 194 g/mol. The maximum absolute atomic E-state index is 10.6. The molecule has 72 valence electrons. The molecule has 0 saturated carbocycles. The van der Waals surface area contributed by atoms with Crippen LogP contribution in [0.25, 0.3) is 0 Å². The molecule has 0 aromatic carbocycles. The van der Waals surface area contributed by atoms with E-state index in [0.717, 1.165) is 0 Å². The Kier molecular flexibility index (Phi) is 4.65. The van der Waals surface area contributed by atoms with Crippen LogP contribution < -0.4 is 11.1 Å². The fourth-order valence-electron chi connectivity index (χ4n) is 0.701. The van der Waals surface area contributed by atoms with Crippen molar-refractivity contribution in [1.82, 2.24) is 5.32 Å². The minimum absolute atomic E-state index is 0.160. The van der Waals surface area contributed by atoms with Crippen LogP contribution in [0.5, 0.6) is 0 Å². The van der Waals surface area contributed by atoms with E-state index in [1.54, 1.807) is 0 Å². The summed E-state index contributed by atoms with van der Waals surface area (Å²) in [6.45, 7) is 0.435. The zero-order valence-corrected chi connectivity index (χ0v) is 7.86. The van der Waals surface area contributed by atoms with Gasteiger partial charge >= 0.3 is 6.03 Å². The van der Waals surface area contributed by atoms with Gasteiger partial charge in [-0.15, -0.1) is 0 Å². The zero-order valence-electron chi connectivity index (χ0n) is 7.04. The number of hydrogen-bond donors (Lipinski definition) is 2. The summed E-state index contributed by atoms with van der Waals surface area (Å²) in [7, 11) is -2.87. The third-order valence-corrected chi connectivity index (χ3v) is 2.27. The number of urea groups is 1. The van der Waals surface area contributed by atoms with Crippen LogP contribution in [0.1, 0.15) is 12.8 Å². The van der Waals surface area contributed by atoms with E-state index in [-0.39, 0.29) is 5.75 Å². The van der Waals surface area contributed by atoms with Gasteiger partial charge in [-0.2, -0.15) is 0 Å². The second-order valence-corrected chi connectivity index (χ2v) is 4.89. The first kappa shape index (κ1) is 11.2. The summed E-state index contributed by atoms with van der Waals surface area (Å²) in [5.41, 5.74) is 4.79. The highest BCUT2D eigenvalue weighted by Crippen LogP contribution is 1.92. The highest BCUT2D eigenvalue weighted by molar-refractivity contribution is 7.90. The minimum Gasteiger partial charge on any atom is -0.352 e. The number of nitrogens with two attached hydrogens (primary N) is 1. The predicted molar refractivity (Wildman–Crippen MR) is 46.5 cm³/mol. The Morgan fingerprint density at radius 3 is 2.42 bits per heavy atom. The Morgan fingerprint density at radius 1 is 1.42 bits per heavy atom. The van der Waals surface area contributed by atoms with Gasteiger partial charge in [0.2, 0.25) is 0 Å². The lowest BCUT2D eigenvalue weighted by Gasteiger charge is -2.00. The van der Waals surface area contributed by atoms with Gasteiger partial charge in [-0.1, -0.05) is 0 Å². The number of hydrogen-bond acceptors (Lipinski definition) is 3. The molecule has 6 heteroatoms. The average Bonchev–Trinajstić information content (AvgIpc) is 1.83. The molecule has 0 aliphatic carbocycles. The third-order valence-electron chi connectivity index (χ3n) is 1.24. The first-order valence-corrected chi connectivity index (χ1v) is 5.69. The fourth-order valence-corrected chi connectivity index (χ4v) is 1.43. The Balaban J connectivity index is 3.29. The molecular weight excluding hydrogens is 180 g/mol. The van der Waals surface area contributed by atoms with E-state index in [0.29, 0.717) is 19.4 Å². The van der Waals surface area contributed by atoms with E-state index in [1.165, 1.54) is 6.26 Å². The molecule has 0 fully saturated rings. The highest BCUT2D eigenvalue weighted by Gasteiger charge is 2.00. The van der Waals surface area contributed by atoms with Crippen molar-refractivity contribution in [2.24, 2.45) is 5.73 Å². The predicted octanol–water partition coefficient (Wildman–Crippen LogP) is -0.520. The van der Waals surface area contributed by atoms with E-state index in [1.807, 2.05) is 0 Å². The maximum Gasteiger partial charge on any atom is 0.312 e. The molecule has 12 heavy (non-hydrogen) atoms. The van der Waals surface area contributed by atoms with Crippen LogP contribution >= 0.6 is 0 Å². The molecule has 0 rings (SSSR count). The molecule has 5 nitrogen and oxygen atoms in total. The normalized spacial score (nSPS) is 11.1. The summed E-state index contributed by atoms with van der Waals surface area (Å²) in [5.74, 6) is 0.160. The van der Waals surface area contributed by atoms with Crippen LogP contribution in [-0.2, 0) is 9.84 Å². The van der Waals surface area contributed by atoms with E-state index >= 15 is 0 Å². The third kappa shape index (κ3) is 9.22. The molecule has 3 N–H and O–H groups in total. The van der Waals surface area contributed by atoms with E-state index in [2.05, 4.69) is 5.32 Å². The molecule has 0 radical (unpaired) electrons. The summed E-state index contributed by atoms with van der Waals surface area (Å²) < 4.78 is 21.2. The summed E-state index contributed by atoms with van der Waals surface area (Å²) in [6, 6.07) is -0.575. The van der Waals surface area contributed by atoms with Crippen molar-refractivity contribution in [3.8, 4) is 0 Å². The fraction of sp³-hybridized carbons (Fsp3) is 0.833. The largest absolute Gasteiger partial charge is 0.352 e. The van der Waals surface area contributed by atoms with Gasteiger partial charge in [-0.25, -0.2) is 13.2 Å². The molecule has 2 amide bonds. The van der Waals surface area contributed by atoms with Crippen molar-refractivity contribution in [3.63, 3.8) is 0 Å². The van der Waals surface area contributed by atoms with Gasteiger partial charge in [0.25, 0.3) is 0 Å². The van der Waals surface area contributed by atoms with Crippen molar-refractivity contribution in [3.05, 3.63) is 0 Å². The standard InChI is InChI=1S/C6H14N2O3S/c1-12(10,11)5-3-2-4-8-6(7)9/h2-5H2,1H3,(H3,7,8,9). The van der Waals surface area contributed by atoms with Crippen LogP contribution in [-0.4, -0.2) is 33.0 Å². The van der Waals surface area contributed by atoms with Gasteiger partial charge in [-0.3, -0.25) is 0 Å². The number of primary amides is 1. The van der Waals surface area contributed by atoms with Crippen LogP contribution in [0.15, 0.2) is 0 Å².